The average Bonchev–Trinajstić information content (AvgIpc) is 3.50. The number of anilines is 1. The molecule has 0 saturated carbocycles. The first kappa shape index (κ1) is 28.0. The second-order valence-electron chi connectivity index (χ2n) is 10.6. The number of aryl methyl sites for hydroxylation is 1. The Balaban J connectivity index is 1.27. The summed E-state index contributed by atoms with van der Waals surface area (Å²) in [5, 5.41) is 2.03. The van der Waals surface area contributed by atoms with Crippen molar-refractivity contribution in [3.8, 4) is 22.8 Å². The molecule has 1 aliphatic rings. The van der Waals surface area contributed by atoms with E-state index in [0.29, 0.717) is 49.9 Å². The van der Waals surface area contributed by atoms with E-state index in [2.05, 4.69) is 4.90 Å². The number of ether oxygens (including phenoxy) is 2. The molecule has 43 heavy (non-hydrogen) atoms. The van der Waals surface area contributed by atoms with E-state index in [1.165, 1.54) is 7.11 Å². The first-order valence-corrected chi connectivity index (χ1v) is 14.5. The van der Waals surface area contributed by atoms with Crippen LogP contribution in [0.25, 0.3) is 27.8 Å². The molecule has 1 aromatic heterocycles. The van der Waals surface area contributed by atoms with E-state index in [4.69, 9.17) is 14.5 Å². The number of carbonyl (C=O) groups is 2. The maximum atomic E-state index is 13.8. The van der Waals surface area contributed by atoms with Crippen LogP contribution < -0.4 is 9.64 Å². The summed E-state index contributed by atoms with van der Waals surface area (Å²) in [4.78, 5) is 35.3. The van der Waals surface area contributed by atoms with Gasteiger partial charge in [-0.2, -0.15) is 0 Å². The highest BCUT2D eigenvalue weighted by atomic mass is 16.5. The number of methoxy groups -OCH3 is 1. The molecule has 4 aromatic carbocycles. The second kappa shape index (κ2) is 12.0. The molecule has 1 amide bonds. The van der Waals surface area contributed by atoms with Crippen LogP contribution in [0, 0.1) is 6.92 Å². The van der Waals surface area contributed by atoms with Crippen LogP contribution in [-0.2, 0) is 4.74 Å². The Morgan fingerprint density at radius 1 is 0.860 bits per heavy atom. The van der Waals surface area contributed by atoms with Crippen molar-refractivity contribution in [2.75, 3.05) is 44.8 Å². The van der Waals surface area contributed by atoms with Crippen LogP contribution in [0.5, 0.6) is 5.75 Å². The fraction of sp³-hybridized carbons (Fsp3) is 0.229. The van der Waals surface area contributed by atoms with Crippen LogP contribution in [0.2, 0.25) is 0 Å². The van der Waals surface area contributed by atoms with E-state index in [9.17, 15) is 9.59 Å². The average molecular weight is 575 g/mol. The van der Waals surface area contributed by atoms with Gasteiger partial charge in [-0.25, -0.2) is 9.78 Å². The molecule has 1 aliphatic heterocycles. The van der Waals surface area contributed by atoms with Crippen molar-refractivity contribution in [3.63, 3.8) is 0 Å². The molecule has 0 atom stereocenters. The first-order chi connectivity index (χ1) is 20.9. The molecule has 0 aliphatic carbocycles. The predicted molar refractivity (Wildman–Crippen MR) is 168 cm³/mol. The number of hydrogen-bond donors (Lipinski definition) is 0. The fourth-order valence-corrected chi connectivity index (χ4v) is 5.55. The topological polar surface area (TPSA) is 76.9 Å². The van der Waals surface area contributed by atoms with Gasteiger partial charge in [0.15, 0.2) is 0 Å². The summed E-state index contributed by atoms with van der Waals surface area (Å²) < 4.78 is 12.8. The summed E-state index contributed by atoms with van der Waals surface area (Å²) in [6.45, 7) is 6.72. The van der Waals surface area contributed by atoms with Crippen LogP contribution in [0.1, 0.15) is 33.3 Å². The number of rotatable bonds is 7. The number of fused-ring (bicyclic) bond motifs is 1. The van der Waals surface area contributed by atoms with Crippen molar-refractivity contribution in [1.29, 1.82) is 0 Å². The van der Waals surface area contributed by atoms with Crippen LogP contribution in [0.3, 0.4) is 0 Å². The Hall–Kier alpha value is -5.11. The zero-order valence-electron chi connectivity index (χ0n) is 24.6. The second-order valence-corrected chi connectivity index (χ2v) is 10.6. The number of carbonyl (C=O) groups excluding carboxylic acids is 2. The molecule has 0 radical (unpaired) electrons. The number of piperazine rings is 1. The van der Waals surface area contributed by atoms with E-state index >= 15 is 0 Å². The van der Waals surface area contributed by atoms with Crippen LogP contribution in [0.4, 0.5) is 5.69 Å². The Bertz CT molecular complexity index is 1790. The van der Waals surface area contributed by atoms with E-state index in [1.54, 1.807) is 0 Å². The maximum absolute atomic E-state index is 13.8. The quantitative estimate of drug-likeness (QED) is 0.217. The van der Waals surface area contributed by atoms with Gasteiger partial charge in [0.2, 0.25) is 0 Å². The molecule has 8 heteroatoms. The number of nitrogens with zero attached hydrogens (tertiary/aromatic N) is 4. The molecule has 6 rings (SSSR count). The molecule has 0 spiro atoms. The Morgan fingerprint density at radius 2 is 1.58 bits per heavy atom. The zero-order valence-corrected chi connectivity index (χ0v) is 24.6. The van der Waals surface area contributed by atoms with E-state index in [1.807, 2.05) is 114 Å². The van der Waals surface area contributed by atoms with Gasteiger partial charge in [-0.15, -0.1) is 0 Å². The maximum Gasteiger partial charge on any atom is 0.339 e. The molecule has 2 heterocycles. The zero-order chi connectivity index (χ0) is 29.9. The van der Waals surface area contributed by atoms with Gasteiger partial charge in [-0.1, -0.05) is 60.2 Å². The monoisotopic (exact) mass is 574 g/mol. The third-order valence-corrected chi connectivity index (χ3v) is 7.82. The highest BCUT2D eigenvalue weighted by Gasteiger charge is 2.28. The predicted octanol–water partition coefficient (Wildman–Crippen LogP) is 6.15. The Morgan fingerprint density at radius 3 is 2.28 bits per heavy atom. The molecule has 0 N–H and O–H groups in total. The molecule has 218 valence electrons. The Labute approximate surface area is 251 Å². The molecular weight excluding hydrogens is 540 g/mol. The SMILES string of the molecule is CCOc1cccc(-n2cc(C(=O)N3CCN(c4cc5ccccc5cc4C(=O)OC)CC3)nc2-c2ccc(C)cc2)c1. The molecule has 8 nitrogen and oxygen atoms in total. The number of hydrogen-bond acceptors (Lipinski definition) is 6. The van der Waals surface area contributed by atoms with Gasteiger partial charge in [0.25, 0.3) is 5.91 Å². The van der Waals surface area contributed by atoms with Gasteiger partial charge in [-0.3, -0.25) is 9.36 Å². The van der Waals surface area contributed by atoms with Crippen molar-refractivity contribution < 1.29 is 19.1 Å². The summed E-state index contributed by atoms with van der Waals surface area (Å²) in [5.41, 5.74) is 4.66. The summed E-state index contributed by atoms with van der Waals surface area (Å²) in [6.07, 6.45) is 1.81. The first-order valence-electron chi connectivity index (χ1n) is 14.5. The lowest BCUT2D eigenvalue weighted by Gasteiger charge is -2.36. The van der Waals surface area contributed by atoms with E-state index in [0.717, 1.165) is 39.0 Å². The largest absolute Gasteiger partial charge is 0.494 e. The summed E-state index contributed by atoms with van der Waals surface area (Å²) in [7, 11) is 1.40. The lowest BCUT2D eigenvalue weighted by molar-refractivity contribution is 0.0600. The minimum Gasteiger partial charge on any atom is -0.494 e. The summed E-state index contributed by atoms with van der Waals surface area (Å²) in [5.74, 6) is 0.948. The smallest absolute Gasteiger partial charge is 0.339 e. The van der Waals surface area contributed by atoms with E-state index in [-0.39, 0.29) is 11.9 Å². The minimum absolute atomic E-state index is 0.126. The van der Waals surface area contributed by atoms with Gasteiger partial charge in [-0.05, 0) is 48.9 Å². The molecule has 5 aromatic rings. The number of benzene rings is 4. The van der Waals surface area contributed by atoms with Crippen LogP contribution in [-0.4, -0.2) is 66.2 Å². The number of imidazole rings is 1. The number of esters is 1. The highest BCUT2D eigenvalue weighted by molar-refractivity contribution is 6.02. The molecule has 0 unspecified atom stereocenters. The standard InChI is InChI=1S/C35H34N4O4/c1-4-43-29-11-7-10-28(22-29)39-23-31(36-33(39)25-14-12-24(2)13-15-25)34(40)38-18-16-37(17-19-38)32-21-27-9-6-5-8-26(27)20-30(32)35(41)42-3/h5-15,20-23H,4,16-19H2,1-3H3. The van der Waals surface area contributed by atoms with Crippen molar-refractivity contribution >= 4 is 28.3 Å². The number of aromatic nitrogens is 2. The van der Waals surface area contributed by atoms with Crippen molar-refractivity contribution in [1.82, 2.24) is 14.5 Å². The molecule has 1 saturated heterocycles. The van der Waals surface area contributed by atoms with Crippen LogP contribution >= 0.6 is 0 Å². The normalized spacial score (nSPS) is 13.3. The molecule has 1 fully saturated rings. The fourth-order valence-electron chi connectivity index (χ4n) is 5.55. The minimum atomic E-state index is -0.373. The third-order valence-electron chi connectivity index (χ3n) is 7.82. The Kier molecular flexibility index (Phi) is 7.83. The lowest BCUT2D eigenvalue weighted by Crippen LogP contribution is -2.49. The molecule has 0 bridgehead atoms. The summed E-state index contributed by atoms with van der Waals surface area (Å²) >= 11 is 0. The molecular formula is C35H34N4O4. The van der Waals surface area contributed by atoms with Gasteiger partial charge in [0.1, 0.15) is 17.3 Å². The van der Waals surface area contributed by atoms with Gasteiger partial charge in [0.05, 0.1) is 30.7 Å². The van der Waals surface area contributed by atoms with Crippen LogP contribution in [0.15, 0.2) is 91.1 Å². The summed E-state index contributed by atoms with van der Waals surface area (Å²) in [6, 6.07) is 27.8. The van der Waals surface area contributed by atoms with Gasteiger partial charge < -0.3 is 19.3 Å². The van der Waals surface area contributed by atoms with E-state index < -0.39 is 0 Å². The van der Waals surface area contributed by atoms with Crippen molar-refractivity contribution in [2.24, 2.45) is 0 Å². The van der Waals surface area contributed by atoms with Crippen molar-refractivity contribution in [3.05, 3.63) is 108 Å². The lowest BCUT2D eigenvalue weighted by atomic mass is 10.0. The number of amides is 1. The van der Waals surface area contributed by atoms with Gasteiger partial charge in [0, 0.05) is 44.0 Å². The third kappa shape index (κ3) is 5.68. The van der Waals surface area contributed by atoms with Crippen molar-refractivity contribution in [2.45, 2.75) is 13.8 Å². The highest BCUT2D eigenvalue weighted by Crippen LogP contribution is 2.30. The van der Waals surface area contributed by atoms with Gasteiger partial charge >= 0.3 is 5.97 Å².